The summed E-state index contributed by atoms with van der Waals surface area (Å²) in [6.45, 7) is 6.88. The van der Waals surface area contributed by atoms with E-state index in [0.717, 1.165) is 23.9 Å². The number of unbranched alkanes of at least 4 members (excludes halogenated alkanes) is 1. The Labute approximate surface area is 81.7 Å². The van der Waals surface area contributed by atoms with Crippen molar-refractivity contribution in [1.29, 1.82) is 0 Å². The summed E-state index contributed by atoms with van der Waals surface area (Å²) in [5, 5.41) is 5.37. The van der Waals surface area contributed by atoms with Gasteiger partial charge in [-0.05, 0) is 6.42 Å². The fourth-order valence-electron chi connectivity index (χ4n) is 0.617. The molecule has 0 spiro atoms. The lowest BCUT2D eigenvalue weighted by Gasteiger charge is -2.05. The average molecular weight is 235 g/mol. The van der Waals surface area contributed by atoms with Crippen molar-refractivity contribution in [3.8, 4) is 0 Å². The quantitative estimate of drug-likeness (QED) is 0.703. The monoisotopic (exact) mass is 234 g/mol. The predicted molar refractivity (Wildman–Crippen MR) is 54.4 cm³/mol. The van der Waals surface area contributed by atoms with E-state index >= 15 is 0 Å². The highest BCUT2D eigenvalue weighted by Crippen LogP contribution is 1.95. The zero-order valence-corrected chi connectivity index (χ0v) is 8.91. The lowest BCUT2D eigenvalue weighted by atomic mass is 10.3. The number of carbonyl (C=O) groups is 1. The van der Waals surface area contributed by atoms with Crippen molar-refractivity contribution < 1.29 is 4.79 Å². The maximum atomic E-state index is 10.9. The first kappa shape index (κ1) is 11.5. The van der Waals surface area contributed by atoms with Crippen LogP contribution >= 0.6 is 15.9 Å². The van der Waals surface area contributed by atoms with Crippen LogP contribution in [0, 0.1) is 0 Å². The predicted octanol–water partition coefficient (Wildman–Crippen LogP) is 1.99. The van der Waals surface area contributed by atoms with E-state index in [-0.39, 0.29) is 6.03 Å². The minimum absolute atomic E-state index is 0.135. The number of rotatable bonds is 5. The molecule has 3 nitrogen and oxygen atoms in total. The van der Waals surface area contributed by atoms with Crippen molar-refractivity contribution in [2.24, 2.45) is 0 Å². The van der Waals surface area contributed by atoms with Crippen molar-refractivity contribution in [3.05, 3.63) is 11.1 Å². The lowest BCUT2D eigenvalue weighted by Crippen LogP contribution is -2.36. The Morgan fingerprint density at radius 1 is 1.50 bits per heavy atom. The van der Waals surface area contributed by atoms with Crippen molar-refractivity contribution in [2.45, 2.75) is 19.8 Å². The largest absolute Gasteiger partial charge is 0.338 e. The molecule has 2 N–H and O–H groups in total. The third-order valence-electron chi connectivity index (χ3n) is 1.26. The molecule has 0 aliphatic heterocycles. The number of hydrogen-bond donors (Lipinski definition) is 2. The van der Waals surface area contributed by atoms with Crippen LogP contribution in [0.15, 0.2) is 11.1 Å². The summed E-state index contributed by atoms with van der Waals surface area (Å²) < 4.78 is 0.771. The zero-order chi connectivity index (χ0) is 9.40. The van der Waals surface area contributed by atoms with Crippen molar-refractivity contribution >= 4 is 22.0 Å². The smallest absolute Gasteiger partial charge is 0.315 e. The molecule has 0 aliphatic rings. The molecule has 2 amide bonds. The molecule has 0 fully saturated rings. The summed E-state index contributed by atoms with van der Waals surface area (Å²) in [4.78, 5) is 10.9. The molecule has 12 heavy (non-hydrogen) atoms. The van der Waals surface area contributed by atoms with Crippen LogP contribution in [0.5, 0.6) is 0 Å². The van der Waals surface area contributed by atoms with Crippen LogP contribution in [0.2, 0.25) is 0 Å². The number of halogens is 1. The molecule has 0 saturated carbocycles. The van der Waals surface area contributed by atoms with Gasteiger partial charge in [0.1, 0.15) is 0 Å². The normalized spacial score (nSPS) is 9.17. The molecule has 0 aromatic heterocycles. The van der Waals surface area contributed by atoms with Gasteiger partial charge in [0.2, 0.25) is 0 Å². The Morgan fingerprint density at radius 3 is 2.67 bits per heavy atom. The molecule has 0 heterocycles. The van der Waals surface area contributed by atoms with Crippen molar-refractivity contribution in [1.82, 2.24) is 10.6 Å². The highest BCUT2D eigenvalue weighted by atomic mass is 79.9. The van der Waals surface area contributed by atoms with Gasteiger partial charge in [-0.25, -0.2) is 4.79 Å². The van der Waals surface area contributed by atoms with E-state index in [2.05, 4.69) is 40.1 Å². The number of amides is 2. The summed E-state index contributed by atoms with van der Waals surface area (Å²) in [5.74, 6) is 0. The number of carbonyl (C=O) groups excluding carboxylic acids is 1. The molecule has 0 bridgehead atoms. The number of hydrogen-bond acceptors (Lipinski definition) is 1. The Bertz CT molecular complexity index is 159. The highest BCUT2D eigenvalue weighted by molar-refractivity contribution is 9.11. The number of nitrogens with one attached hydrogen (secondary N) is 2. The van der Waals surface area contributed by atoms with E-state index in [9.17, 15) is 4.79 Å². The third-order valence-corrected chi connectivity index (χ3v) is 1.54. The van der Waals surface area contributed by atoms with Crippen LogP contribution in [0.25, 0.3) is 0 Å². The van der Waals surface area contributed by atoms with Crippen LogP contribution in [0.3, 0.4) is 0 Å². The maximum absolute atomic E-state index is 10.9. The summed E-state index contributed by atoms with van der Waals surface area (Å²) in [6, 6.07) is -0.135. The lowest BCUT2D eigenvalue weighted by molar-refractivity contribution is 0.241. The summed E-state index contributed by atoms with van der Waals surface area (Å²) in [6.07, 6.45) is 2.11. The van der Waals surface area contributed by atoms with Gasteiger partial charge < -0.3 is 10.6 Å². The van der Waals surface area contributed by atoms with Gasteiger partial charge in [0.25, 0.3) is 0 Å². The first-order valence-electron chi connectivity index (χ1n) is 4.01. The van der Waals surface area contributed by atoms with E-state index in [1.165, 1.54) is 0 Å². The second kappa shape index (κ2) is 7.16. The SMILES string of the molecule is C=C(Br)CNC(=O)NCCCC. The van der Waals surface area contributed by atoms with E-state index in [1.54, 1.807) is 0 Å². The Hall–Kier alpha value is -0.510. The van der Waals surface area contributed by atoms with Crippen LogP contribution in [0.1, 0.15) is 19.8 Å². The van der Waals surface area contributed by atoms with E-state index in [4.69, 9.17) is 0 Å². The molecule has 0 aromatic rings. The van der Waals surface area contributed by atoms with Gasteiger partial charge in [-0.3, -0.25) is 0 Å². The maximum Gasteiger partial charge on any atom is 0.315 e. The zero-order valence-electron chi connectivity index (χ0n) is 7.32. The molecule has 0 aliphatic carbocycles. The fourth-order valence-corrected chi connectivity index (χ4v) is 0.758. The van der Waals surface area contributed by atoms with E-state index in [1.807, 2.05) is 0 Å². The number of urea groups is 1. The summed E-state index contributed by atoms with van der Waals surface area (Å²) in [7, 11) is 0. The van der Waals surface area contributed by atoms with Gasteiger partial charge >= 0.3 is 6.03 Å². The van der Waals surface area contributed by atoms with Crippen LogP contribution in [-0.4, -0.2) is 19.1 Å². The second-order valence-electron chi connectivity index (χ2n) is 2.48. The fraction of sp³-hybridized carbons (Fsp3) is 0.625. The Balaban J connectivity index is 3.28. The molecule has 70 valence electrons. The molecular weight excluding hydrogens is 220 g/mol. The van der Waals surface area contributed by atoms with Crippen LogP contribution < -0.4 is 10.6 Å². The van der Waals surface area contributed by atoms with Gasteiger partial charge in [-0.1, -0.05) is 35.9 Å². The second-order valence-corrected chi connectivity index (χ2v) is 3.60. The van der Waals surface area contributed by atoms with E-state index in [0.29, 0.717) is 6.54 Å². The highest BCUT2D eigenvalue weighted by Gasteiger charge is 1.97. The topological polar surface area (TPSA) is 41.1 Å². The first-order chi connectivity index (χ1) is 5.66. The summed E-state index contributed by atoms with van der Waals surface area (Å²) >= 11 is 3.15. The van der Waals surface area contributed by atoms with E-state index < -0.39 is 0 Å². The van der Waals surface area contributed by atoms with Gasteiger partial charge in [-0.2, -0.15) is 0 Å². The average Bonchev–Trinajstić information content (AvgIpc) is 2.01. The van der Waals surface area contributed by atoms with Crippen LogP contribution in [-0.2, 0) is 0 Å². The minimum atomic E-state index is -0.135. The third kappa shape index (κ3) is 7.60. The first-order valence-corrected chi connectivity index (χ1v) is 4.81. The molecule has 0 saturated heterocycles. The molecule has 0 radical (unpaired) electrons. The Morgan fingerprint density at radius 2 is 2.17 bits per heavy atom. The van der Waals surface area contributed by atoms with Gasteiger partial charge in [0.15, 0.2) is 0 Å². The van der Waals surface area contributed by atoms with Gasteiger partial charge in [0.05, 0.1) is 6.54 Å². The standard InChI is InChI=1S/C8H15BrN2O/c1-3-4-5-10-8(12)11-6-7(2)9/h2-6H2,1H3,(H2,10,11,12). The molecule has 4 heteroatoms. The molecular formula is C8H15BrN2O. The Kier molecular flexibility index (Phi) is 6.85. The van der Waals surface area contributed by atoms with Gasteiger partial charge in [-0.15, -0.1) is 0 Å². The molecule has 0 aromatic carbocycles. The van der Waals surface area contributed by atoms with Crippen LogP contribution in [0.4, 0.5) is 4.79 Å². The van der Waals surface area contributed by atoms with Crippen molar-refractivity contribution in [3.63, 3.8) is 0 Å². The molecule has 0 rings (SSSR count). The van der Waals surface area contributed by atoms with Crippen molar-refractivity contribution in [2.75, 3.05) is 13.1 Å². The van der Waals surface area contributed by atoms with Gasteiger partial charge in [0, 0.05) is 11.0 Å². The summed E-state index contributed by atoms with van der Waals surface area (Å²) in [5.41, 5.74) is 0. The molecule has 0 unspecified atom stereocenters. The minimum Gasteiger partial charge on any atom is -0.338 e. The molecule has 0 atom stereocenters.